The van der Waals surface area contributed by atoms with Crippen molar-refractivity contribution in [1.82, 2.24) is 25.2 Å². The Morgan fingerprint density at radius 2 is 2.25 bits per heavy atom. The lowest BCUT2D eigenvalue weighted by Crippen LogP contribution is -1.98. The van der Waals surface area contributed by atoms with Gasteiger partial charge in [0.1, 0.15) is 9.88 Å². The highest BCUT2D eigenvalue weighted by atomic mass is 32.1. The van der Waals surface area contributed by atoms with E-state index in [0.29, 0.717) is 27.9 Å². The van der Waals surface area contributed by atoms with Crippen LogP contribution in [0.4, 0.5) is 5.69 Å². The van der Waals surface area contributed by atoms with Crippen molar-refractivity contribution >= 4 is 17.0 Å². The highest BCUT2D eigenvalue weighted by molar-refractivity contribution is 7.18. The molecule has 0 unspecified atom stereocenters. The van der Waals surface area contributed by atoms with Gasteiger partial charge in [-0.1, -0.05) is 12.1 Å². The van der Waals surface area contributed by atoms with E-state index in [2.05, 4.69) is 20.4 Å². The van der Waals surface area contributed by atoms with Gasteiger partial charge in [0.15, 0.2) is 0 Å². The number of nitrogens with two attached hydrogens (primary N) is 1. The quantitative estimate of drug-likeness (QED) is 0.712. The van der Waals surface area contributed by atoms with E-state index in [-0.39, 0.29) is 5.88 Å². The average Bonchev–Trinajstić information content (AvgIpc) is 3.04. The summed E-state index contributed by atoms with van der Waals surface area (Å²) in [5, 5.41) is 22.6. The van der Waals surface area contributed by atoms with Crippen LogP contribution in [0.3, 0.4) is 0 Å². The van der Waals surface area contributed by atoms with Crippen molar-refractivity contribution in [3.8, 4) is 27.2 Å². The molecule has 0 aliphatic rings. The summed E-state index contributed by atoms with van der Waals surface area (Å²) in [5.41, 5.74) is 7.24. The third-order valence-electron chi connectivity index (χ3n) is 2.68. The molecule has 3 aromatic rings. The van der Waals surface area contributed by atoms with Gasteiger partial charge in [-0.15, -0.1) is 21.5 Å². The molecule has 0 aliphatic heterocycles. The van der Waals surface area contributed by atoms with Crippen LogP contribution < -0.4 is 5.73 Å². The van der Waals surface area contributed by atoms with Crippen LogP contribution in [0, 0.1) is 0 Å². The van der Waals surface area contributed by atoms with Crippen LogP contribution in [0.25, 0.3) is 21.3 Å². The molecule has 0 saturated carbocycles. The highest BCUT2D eigenvalue weighted by Crippen LogP contribution is 2.37. The molecule has 0 saturated heterocycles. The van der Waals surface area contributed by atoms with Crippen molar-refractivity contribution in [1.29, 1.82) is 0 Å². The van der Waals surface area contributed by atoms with E-state index in [9.17, 15) is 5.11 Å². The zero-order valence-corrected chi connectivity index (χ0v) is 11.5. The molecule has 1 aromatic carbocycles. The first-order valence-corrected chi connectivity index (χ1v) is 6.83. The first-order valence-electron chi connectivity index (χ1n) is 6.01. The number of thiazole rings is 1. The standard InChI is InChI=1S/C12H12N6OS/c1-2-18-16-10(15-17-18)9-11(19)14-12(20-9)7-4-3-5-8(13)6-7/h3-6,19H,2,13H2,1H3. The summed E-state index contributed by atoms with van der Waals surface area (Å²) in [5.74, 6) is 0.278. The second-order valence-corrected chi connectivity index (χ2v) is 5.10. The minimum absolute atomic E-state index is 0.0944. The Morgan fingerprint density at radius 3 is 2.95 bits per heavy atom. The number of tetrazole rings is 1. The molecule has 0 bridgehead atoms. The van der Waals surface area contributed by atoms with Gasteiger partial charge in [0.2, 0.25) is 11.7 Å². The van der Waals surface area contributed by atoms with Crippen LogP contribution in [0.1, 0.15) is 6.92 Å². The van der Waals surface area contributed by atoms with Gasteiger partial charge in [0.05, 0.1) is 6.54 Å². The van der Waals surface area contributed by atoms with Crippen molar-refractivity contribution in [2.24, 2.45) is 0 Å². The summed E-state index contributed by atoms with van der Waals surface area (Å²) in [7, 11) is 0. The number of aromatic hydroxyl groups is 1. The number of aryl methyl sites for hydroxylation is 1. The number of hydrogen-bond donors (Lipinski definition) is 2. The molecule has 0 atom stereocenters. The molecule has 2 aromatic heterocycles. The van der Waals surface area contributed by atoms with E-state index in [4.69, 9.17) is 5.73 Å². The van der Waals surface area contributed by atoms with Crippen LogP contribution in [-0.4, -0.2) is 30.3 Å². The lowest BCUT2D eigenvalue weighted by atomic mass is 10.2. The van der Waals surface area contributed by atoms with Crippen LogP contribution in [0.5, 0.6) is 5.88 Å². The summed E-state index contributed by atoms with van der Waals surface area (Å²) in [6, 6.07) is 7.33. The molecule has 0 spiro atoms. The Hall–Kier alpha value is -2.48. The second-order valence-electron chi connectivity index (χ2n) is 4.10. The Bertz CT molecular complexity index is 750. The topological polar surface area (TPSA) is 103 Å². The Morgan fingerprint density at radius 1 is 1.40 bits per heavy atom. The van der Waals surface area contributed by atoms with Crippen LogP contribution in [-0.2, 0) is 6.54 Å². The Kier molecular flexibility index (Phi) is 3.07. The smallest absolute Gasteiger partial charge is 0.234 e. The zero-order chi connectivity index (χ0) is 14.1. The average molecular weight is 288 g/mol. The predicted octanol–water partition coefficient (Wildman–Crippen LogP) is 1.77. The lowest BCUT2D eigenvalue weighted by Gasteiger charge is -1.96. The Labute approximate surface area is 118 Å². The number of rotatable bonds is 3. The number of nitrogens with zero attached hydrogens (tertiary/aromatic N) is 5. The van der Waals surface area contributed by atoms with Gasteiger partial charge < -0.3 is 10.8 Å². The summed E-state index contributed by atoms with van der Waals surface area (Å²) in [4.78, 5) is 6.09. The molecular weight excluding hydrogens is 276 g/mol. The van der Waals surface area contributed by atoms with Crippen LogP contribution >= 0.6 is 11.3 Å². The fraction of sp³-hybridized carbons (Fsp3) is 0.167. The van der Waals surface area contributed by atoms with E-state index in [1.807, 2.05) is 19.1 Å². The maximum atomic E-state index is 9.95. The molecule has 0 fully saturated rings. The van der Waals surface area contributed by atoms with E-state index in [1.165, 1.54) is 16.1 Å². The zero-order valence-electron chi connectivity index (χ0n) is 10.7. The minimum Gasteiger partial charge on any atom is -0.492 e. The second kappa shape index (κ2) is 4.89. The first-order chi connectivity index (χ1) is 9.67. The van der Waals surface area contributed by atoms with E-state index in [1.54, 1.807) is 12.1 Å². The molecule has 102 valence electrons. The van der Waals surface area contributed by atoms with Gasteiger partial charge in [-0.2, -0.15) is 4.80 Å². The van der Waals surface area contributed by atoms with Crippen molar-refractivity contribution < 1.29 is 5.11 Å². The van der Waals surface area contributed by atoms with Crippen molar-refractivity contribution in [2.45, 2.75) is 13.5 Å². The summed E-state index contributed by atoms with van der Waals surface area (Å²) >= 11 is 1.30. The van der Waals surface area contributed by atoms with Crippen LogP contribution in [0.2, 0.25) is 0 Å². The van der Waals surface area contributed by atoms with Gasteiger partial charge in [-0.05, 0) is 24.3 Å². The molecular formula is C12H12N6OS. The van der Waals surface area contributed by atoms with Gasteiger partial charge >= 0.3 is 0 Å². The number of hydrogen-bond acceptors (Lipinski definition) is 7. The van der Waals surface area contributed by atoms with Crippen molar-refractivity contribution in [3.05, 3.63) is 24.3 Å². The number of anilines is 1. The molecule has 0 amide bonds. The number of nitrogen functional groups attached to an aromatic ring is 1. The van der Waals surface area contributed by atoms with Crippen LogP contribution in [0.15, 0.2) is 24.3 Å². The largest absolute Gasteiger partial charge is 0.492 e. The van der Waals surface area contributed by atoms with Gasteiger partial charge in [-0.25, -0.2) is 4.98 Å². The predicted molar refractivity (Wildman–Crippen MR) is 76.1 cm³/mol. The fourth-order valence-corrected chi connectivity index (χ4v) is 2.60. The minimum atomic E-state index is -0.0944. The normalized spacial score (nSPS) is 10.8. The first kappa shape index (κ1) is 12.5. The molecule has 8 heteroatoms. The molecule has 7 nitrogen and oxygen atoms in total. The lowest BCUT2D eigenvalue weighted by molar-refractivity contribution is 0.459. The Balaban J connectivity index is 2.02. The molecule has 20 heavy (non-hydrogen) atoms. The maximum Gasteiger partial charge on any atom is 0.234 e. The number of benzene rings is 1. The molecule has 3 N–H and O–H groups in total. The molecule has 0 aliphatic carbocycles. The highest BCUT2D eigenvalue weighted by Gasteiger charge is 2.17. The van der Waals surface area contributed by atoms with E-state index < -0.39 is 0 Å². The van der Waals surface area contributed by atoms with Gasteiger partial charge in [0.25, 0.3) is 0 Å². The number of aromatic nitrogens is 5. The fourth-order valence-electron chi connectivity index (χ4n) is 1.72. The van der Waals surface area contributed by atoms with Crippen molar-refractivity contribution in [2.75, 3.05) is 5.73 Å². The summed E-state index contributed by atoms with van der Waals surface area (Å²) in [6.45, 7) is 2.53. The van der Waals surface area contributed by atoms with E-state index in [0.717, 1.165) is 5.56 Å². The summed E-state index contributed by atoms with van der Waals surface area (Å²) in [6.07, 6.45) is 0. The monoisotopic (exact) mass is 288 g/mol. The molecule has 2 heterocycles. The summed E-state index contributed by atoms with van der Waals surface area (Å²) < 4.78 is 0. The van der Waals surface area contributed by atoms with Gasteiger partial charge in [0, 0.05) is 11.3 Å². The van der Waals surface area contributed by atoms with Gasteiger partial charge in [-0.3, -0.25) is 0 Å². The third-order valence-corrected chi connectivity index (χ3v) is 3.77. The molecule has 3 rings (SSSR count). The maximum absolute atomic E-state index is 9.95. The SMILES string of the molecule is CCn1nnc(-c2sc(-c3cccc(N)c3)nc2O)n1. The van der Waals surface area contributed by atoms with Crippen molar-refractivity contribution in [3.63, 3.8) is 0 Å². The van der Waals surface area contributed by atoms with E-state index >= 15 is 0 Å². The molecule has 0 radical (unpaired) electrons. The third kappa shape index (κ3) is 2.21.